The van der Waals surface area contributed by atoms with Gasteiger partial charge in [-0.25, -0.2) is 9.18 Å². The van der Waals surface area contributed by atoms with Gasteiger partial charge in [-0.2, -0.15) is 0 Å². The van der Waals surface area contributed by atoms with Crippen molar-refractivity contribution >= 4 is 35.2 Å². The number of benzene rings is 3. The number of carbonyl (C=O) groups is 3. The van der Waals surface area contributed by atoms with Crippen molar-refractivity contribution in [3.05, 3.63) is 94.8 Å². The van der Waals surface area contributed by atoms with Crippen molar-refractivity contribution in [3.63, 3.8) is 0 Å². The number of ether oxygens (including phenoxy) is 1. The number of amides is 3. The van der Waals surface area contributed by atoms with Crippen molar-refractivity contribution in [2.24, 2.45) is 0 Å². The molecule has 2 fully saturated rings. The molecule has 208 valence electrons. The number of likely N-dealkylation sites (N-methyl/N-ethyl adjacent to an activating group) is 1. The average molecular weight is 564 g/mol. The lowest BCUT2D eigenvalue weighted by atomic mass is 9.82. The zero-order chi connectivity index (χ0) is 28.4. The maximum atomic E-state index is 13.7. The van der Waals surface area contributed by atoms with Crippen LogP contribution in [0.4, 0.5) is 14.9 Å². The van der Waals surface area contributed by atoms with E-state index in [2.05, 4.69) is 0 Å². The van der Waals surface area contributed by atoms with Crippen LogP contribution in [-0.2, 0) is 4.79 Å². The molecule has 9 heteroatoms. The van der Waals surface area contributed by atoms with Gasteiger partial charge in [-0.3, -0.25) is 9.59 Å². The van der Waals surface area contributed by atoms with Gasteiger partial charge in [0.1, 0.15) is 11.6 Å². The molecule has 5 rings (SSSR count). The Morgan fingerprint density at radius 3 is 2.33 bits per heavy atom. The lowest BCUT2D eigenvalue weighted by molar-refractivity contribution is -0.119. The van der Waals surface area contributed by atoms with Crippen LogP contribution in [-0.4, -0.2) is 59.9 Å². The number of hydrogen-bond acceptors (Lipinski definition) is 4. The molecule has 3 aromatic carbocycles. The number of likely N-dealkylation sites (tertiary alicyclic amines) is 1. The summed E-state index contributed by atoms with van der Waals surface area (Å²) in [5.41, 5.74) is 1.40. The molecular weight excluding hydrogens is 533 g/mol. The first-order valence-electron chi connectivity index (χ1n) is 13.3. The lowest BCUT2D eigenvalue weighted by Gasteiger charge is -2.39. The van der Waals surface area contributed by atoms with Gasteiger partial charge in [0, 0.05) is 55.3 Å². The fraction of sp³-hybridized carbons (Fsp3) is 0.323. The molecule has 0 radical (unpaired) electrons. The number of rotatable bonds is 5. The van der Waals surface area contributed by atoms with Crippen LogP contribution >= 0.6 is 11.6 Å². The predicted octanol–water partition coefficient (Wildman–Crippen LogP) is 6.13. The Kier molecular flexibility index (Phi) is 7.81. The van der Waals surface area contributed by atoms with Crippen molar-refractivity contribution in [1.29, 1.82) is 0 Å². The summed E-state index contributed by atoms with van der Waals surface area (Å²) in [6, 6.07) is 19.8. The quantitative estimate of drug-likeness (QED) is 0.375. The van der Waals surface area contributed by atoms with Gasteiger partial charge >= 0.3 is 6.09 Å². The third-order valence-electron chi connectivity index (χ3n) is 8.03. The zero-order valence-corrected chi connectivity index (χ0v) is 23.2. The molecule has 0 N–H and O–H groups in total. The van der Waals surface area contributed by atoms with Gasteiger partial charge in [0.25, 0.3) is 5.91 Å². The van der Waals surface area contributed by atoms with E-state index in [1.807, 2.05) is 31.2 Å². The molecule has 0 spiro atoms. The van der Waals surface area contributed by atoms with Gasteiger partial charge in [-0.15, -0.1) is 0 Å². The van der Waals surface area contributed by atoms with E-state index in [4.69, 9.17) is 16.3 Å². The van der Waals surface area contributed by atoms with Crippen LogP contribution in [0.25, 0.3) is 0 Å². The third kappa shape index (κ3) is 5.54. The molecule has 0 aromatic heterocycles. The topological polar surface area (TPSA) is 70.2 Å². The molecular formula is C31H31ClFN3O4. The summed E-state index contributed by atoms with van der Waals surface area (Å²) < 4.78 is 18.9. The summed E-state index contributed by atoms with van der Waals surface area (Å²) in [4.78, 5) is 44.3. The van der Waals surface area contributed by atoms with Crippen LogP contribution in [0.15, 0.2) is 72.8 Å². The maximum absolute atomic E-state index is 13.7. The van der Waals surface area contributed by atoms with Crippen LogP contribution in [0.2, 0.25) is 5.02 Å². The number of nitrogens with zero attached hydrogens (tertiary/aromatic N) is 3. The highest BCUT2D eigenvalue weighted by Gasteiger charge is 2.50. The number of carbonyl (C=O) groups excluding carboxylic acids is 3. The van der Waals surface area contributed by atoms with Gasteiger partial charge in [0.05, 0.1) is 5.54 Å². The second-order valence-electron chi connectivity index (χ2n) is 10.6. The summed E-state index contributed by atoms with van der Waals surface area (Å²) >= 11 is 6.14. The van der Waals surface area contributed by atoms with Gasteiger partial charge in [0.15, 0.2) is 0 Å². The second kappa shape index (κ2) is 11.3. The van der Waals surface area contributed by atoms with Crippen molar-refractivity contribution in [2.75, 3.05) is 31.6 Å². The second-order valence-corrected chi connectivity index (χ2v) is 11.0. The van der Waals surface area contributed by atoms with E-state index in [0.717, 1.165) is 24.1 Å². The van der Waals surface area contributed by atoms with Crippen molar-refractivity contribution in [1.82, 2.24) is 9.80 Å². The van der Waals surface area contributed by atoms with E-state index in [0.29, 0.717) is 30.1 Å². The fourth-order valence-electron chi connectivity index (χ4n) is 5.56. The van der Waals surface area contributed by atoms with E-state index < -0.39 is 17.4 Å². The highest BCUT2D eigenvalue weighted by atomic mass is 35.5. The molecule has 2 aliphatic heterocycles. The molecule has 3 amide bonds. The molecule has 0 bridgehead atoms. The Bertz CT molecular complexity index is 1400. The average Bonchev–Trinajstić information content (AvgIpc) is 3.32. The van der Waals surface area contributed by atoms with Gasteiger partial charge in [0.2, 0.25) is 5.91 Å². The lowest BCUT2D eigenvalue weighted by Crippen LogP contribution is -2.53. The number of anilines is 1. The minimum atomic E-state index is -0.819. The van der Waals surface area contributed by atoms with E-state index in [9.17, 15) is 18.8 Å². The number of piperidine rings is 1. The minimum Gasteiger partial charge on any atom is -0.410 e. The van der Waals surface area contributed by atoms with Crippen LogP contribution in [0.5, 0.6) is 5.75 Å². The van der Waals surface area contributed by atoms with E-state index in [1.54, 1.807) is 41.1 Å². The standard InChI is InChI=1S/C31H31ClFN3O4/c1-31(34(2)30(39)40-26-16-12-24(33)13-17-26)20-35(19-27(31)21-6-10-23(32)11-7-21)29(38)22-8-14-25(15-9-22)36-18-4-3-5-28(36)37/h6-17,27H,3-5,18-20H2,1-2H3/t27-,31+/m1/s1. The molecule has 7 nitrogen and oxygen atoms in total. The normalized spacial score (nSPS) is 20.9. The van der Waals surface area contributed by atoms with Crippen LogP contribution in [0.3, 0.4) is 0 Å². The van der Waals surface area contributed by atoms with Crippen molar-refractivity contribution in [3.8, 4) is 5.75 Å². The molecule has 2 heterocycles. The summed E-state index contributed by atoms with van der Waals surface area (Å²) in [5.74, 6) is -0.502. The van der Waals surface area contributed by atoms with Crippen LogP contribution in [0.1, 0.15) is 48.0 Å². The number of halogens is 2. The minimum absolute atomic E-state index is 0.0991. The molecule has 3 aromatic rings. The highest BCUT2D eigenvalue weighted by Crippen LogP contribution is 2.41. The molecule has 0 saturated carbocycles. The summed E-state index contributed by atoms with van der Waals surface area (Å²) in [5, 5.41) is 0.590. The molecule has 0 aliphatic carbocycles. The molecule has 2 atom stereocenters. The largest absolute Gasteiger partial charge is 0.415 e. The predicted molar refractivity (Wildman–Crippen MR) is 151 cm³/mol. The van der Waals surface area contributed by atoms with Crippen LogP contribution < -0.4 is 9.64 Å². The molecule has 40 heavy (non-hydrogen) atoms. The third-order valence-corrected chi connectivity index (χ3v) is 8.28. The smallest absolute Gasteiger partial charge is 0.410 e. The van der Waals surface area contributed by atoms with Crippen molar-refractivity contribution < 1.29 is 23.5 Å². The first-order valence-corrected chi connectivity index (χ1v) is 13.7. The molecule has 2 saturated heterocycles. The summed E-state index contributed by atoms with van der Waals surface area (Å²) in [7, 11) is 1.65. The molecule has 2 aliphatic rings. The fourth-order valence-corrected chi connectivity index (χ4v) is 5.68. The Labute approximate surface area is 238 Å². The van der Waals surface area contributed by atoms with E-state index >= 15 is 0 Å². The van der Waals surface area contributed by atoms with Crippen LogP contribution in [0, 0.1) is 5.82 Å². The van der Waals surface area contributed by atoms with Gasteiger partial charge in [-0.1, -0.05) is 23.7 Å². The summed E-state index contributed by atoms with van der Waals surface area (Å²) in [6.07, 6.45) is 1.79. The Hall–Kier alpha value is -3.91. The Balaban J connectivity index is 1.38. The Morgan fingerprint density at radius 1 is 1.00 bits per heavy atom. The van der Waals surface area contributed by atoms with E-state index in [1.165, 1.54) is 29.2 Å². The first kappa shape index (κ1) is 27.6. The van der Waals surface area contributed by atoms with Gasteiger partial charge in [-0.05, 0) is 86.0 Å². The summed E-state index contributed by atoms with van der Waals surface area (Å²) in [6.45, 7) is 3.24. The monoisotopic (exact) mass is 563 g/mol. The SMILES string of the molecule is CN(C(=O)Oc1ccc(F)cc1)[C@@]1(C)CN(C(=O)c2ccc(N3CCCCC3=O)cc2)C[C@@H]1c1ccc(Cl)cc1. The maximum Gasteiger partial charge on any atom is 0.415 e. The Morgan fingerprint density at radius 2 is 1.68 bits per heavy atom. The van der Waals surface area contributed by atoms with Crippen molar-refractivity contribution in [2.45, 2.75) is 37.6 Å². The number of hydrogen-bond donors (Lipinski definition) is 0. The molecule has 0 unspecified atom stereocenters. The van der Waals surface area contributed by atoms with E-state index in [-0.39, 0.29) is 30.0 Å². The highest BCUT2D eigenvalue weighted by molar-refractivity contribution is 6.30. The zero-order valence-electron chi connectivity index (χ0n) is 22.5. The first-order chi connectivity index (χ1) is 19.2. The van der Waals surface area contributed by atoms with Gasteiger partial charge < -0.3 is 19.4 Å².